The molecule has 3 aromatic rings. The van der Waals surface area contributed by atoms with Gasteiger partial charge in [0.25, 0.3) is 5.91 Å². The zero-order valence-electron chi connectivity index (χ0n) is 21.7. The van der Waals surface area contributed by atoms with Crippen molar-refractivity contribution in [3.8, 4) is 0 Å². The maximum Gasteiger partial charge on any atom is 0.251 e. The van der Waals surface area contributed by atoms with Crippen molar-refractivity contribution >= 4 is 45.2 Å². The summed E-state index contributed by atoms with van der Waals surface area (Å²) < 4.78 is 2.89. The number of hydrogen-bond donors (Lipinski definition) is 2. The van der Waals surface area contributed by atoms with E-state index in [1.165, 1.54) is 11.8 Å². The first-order valence-electron chi connectivity index (χ1n) is 12.3. The van der Waals surface area contributed by atoms with Gasteiger partial charge in [-0.2, -0.15) is 0 Å². The lowest BCUT2D eigenvalue weighted by atomic mass is 10.0. The fourth-order valence-electron chi connectivity index (χ4n) is 3.94. The first kappa shape index (κ1) is 28.7. The Morgan fingerprint density at radius 1 is 1.11 bits per heavy atom. The molecule has 1 atom stereocenters. The van der Waals surface area contributed by atoms with Crippen molar-refractivity contribution in [1.29, 1.82) is 0 Å². The van der Waals surface area contributed by atoms with Crippen LogP contribution in [-0.2, 0) is 11.3 Å². The third-order valence-corrected chi connectivity index (χ3v) is 7.12. The van der Waals surface area contributed by atoms with Gasteiger partial charge in [0, 0.05) is 22.3 Å². The van der Waals surface area contributed by atoms with E-state index >= 15 is 0 Å². The van der Waals surface area contributed by atoms with E-state index in [9.17, 15) is 9.59 Å². The molecule has 0 bridgehead atoms. The molecule has 0 saturated heterocycles. The van der Waals surface area contributed by atoms with E-state index in [-0.39, 0.29) is 29.5 Å². The van der Waals surface area contributed by atoms with Crippen LogP contribution in [0.15, 0.2) is 70.8 Å². The predicted molar refractivity (Wildman–Crippen MR) is 154 cm³/mol. The molecule has 0 aliphatic heterocycles. The molecule has 2 aromatic carbocycles. The van der Waals surface area contributed by atoms with Gasteiger partial charge in [-0.05, 0) is 54.2 Å². The SMILES string of the molecule is C=CCn1c(SCC(=O)Nc2ccc(Br)cc2C(C)C)nnc1C(CC(C)C)NC(=O)c1ccccc1. The smallest absolute Gasteiger partial charge is 0.251 e. The van der Waals surface area contributed by atoms with E-state index in [1.54, 1.807) is 18.2 Å². The van der Waals surface area contributed by atoms with Crippen molar-refractivity contribution in [3.05, 3.63) is 82.6 Å². The van der Waals surface area contributed by atoms with Gasteiger partial charge in [-0.3, -0.25) is 9.59 Å². The number of nitrogens with one attached hydrogen (secondary N) is 2. The van der Waals surface area contributed by atoms with Crippen LogP contribution in [0.1, 0.15) is 67.8 Å². The third-order valence-electron chi connectivity index (χ3n) is 5.66. The van der Waals surface area contributed by atoms with Crippen molar-refractivity contribution in [3.63, 3.8) is 0 Å². The highest BCUT2D eigenvalue weighted by molar-refractivity contribution is 9.10. The van der Waals surface area contributed by atoms with Crippen LogP contribution in [0.3, 0.4) is 0 Å². The second kappa shape index (κ2) is 13.6. The van der Waals surface area contributed by atoms with Gasteiger partial charge in [-0.25, -0.2) is 0 Å². The Morgan fingerprint density at radius 3 is 2.49 bits per heavy atom. The topological polar surface area (TPSA) is 88.9 Å². The molecule has 0 saturated carbocycles. The van der Waals surface area contributed by atoms with Crippen molar-refractivity contribution < 1.29 is 9.59 Å². The van der Waals surface area contributed by atoms with Gasteiger partial charge in [-0.15, -0.1) is 16.8 Å². The minimum absolute atomic E-state index is 0.125. The summed E-state index contributed by atoms with van der Waals surface area (Å²) in [6.07, 6.45) is 2.46. The lowest BCUT2D eigenvalue weighted by molar-refractivity contribution is -0.113. The number of carbonyl (C=O) groups excluding carboxylic acids is 2. The maximum absolute atomic E-state index is 12.9. The van der Waals surface area contributed by atoms with Gasteiger partial charge >= 0.3 is 0 Å². The predicted octanol–water partition coefficient (Wildman–Crippen LogP) is 6.60. The number of thioether (sulfide) groups is 1. The fourth-order valence-corrected chi connectivity index (χ4v) is 5.07. The first-order valence-corrected chi connectivity index (χ1v) is 14.1. The molecule has 0 aliphatic rings. The highest BCUT2D eigenvalue weighted by atomic mass is 79.9. The molecule has 0 aliphatic carbocycles. The number of hydrogen-bond acceptors (Lipinski definition) is 5. The Hall–Kier alpha value is -2.91. The minimum atomic E-state index is -0.334. The molecule has 2 N–H and O–H groups in total. The number of rotatable bonds is 12. The molecular formula is C28H34BrN5O2S. The van der Waals surface area contributed by atoms with Gasteiger partial charge in [0.05, 0.1) is 11.8 Å². The lowest BCUT2D eigenvalue weighted by Crippen LogP contribution is -2.31. The Balaban J connectivity index is 1.77. The van der Waals surface area contributed by atoms with Crippen molar-refractivity contribution in [1.82, 2.24) is 20.1 Å². The van der Waals surface area contributed by atoms with Gasteiger partial charge in [-0.1, -0.05) is 79.7 Å². The van der Waals surface area contributed by atoms with Crippen LogP contribution < -0.4 is 10.6 Å². The van der Waals surface area contributed by atoms with Crippen molar-refractivity contribution in [2.45, 2.75) is 57.8 Å². The van der Waals surface area contributed by atoms with E-state index in [0.29, 0.717) is 35.4 Å². The van der Waals surface area contributed by atoms with E-state index in [4.69, 9.17) is 0 Å². The number of allylic oxidation sites excluding steroid dienone is 1. The summed E-state index contributed by atoms with van der Waals surface area (Å²) in [5.74, 6) is 1.12. The standard InChI is InChI=1S/C28H34BrN5O2S/c1-6-14-34-26(24(15-18(2)3)31-27(36)20-10-8-7-9-11-20)32-33-28(34)37-17-25(35)30-23-13-12-21(29)16-22(23)19(4)5/h6-13,16,18-19,24H,1,14-15,17H2,2-5H3,(H,30,35)(H,31,36). The molecule has 1 heterocycles. The quantitative estimate of drug-likeness (QED) is 0.185. The van der Waals surface area contributed by atoms with Crippen LogP contribution in [-0.4, -0.2) is 32.3 Å². The lowest BCUT2D eigenvalue weighted by Gasteiger charge is -2.21. The zero-order valence-corrected chi connectivity index (χ0v) is 24.1. The molecule has 2 amide bonds. The molecule has 0 radical (unpaired) electrons. The number of carbonyl (C=O) groups is 2. The second-order valence-corrected chi connectivity index (χ2v) is 11.3. The minimum Gasteiger partial charge on any atom is -0.342 e. The summed E-state index contributed by atoms with van der Waals surface area (Å²) in [6.45, 7) is 12.7. The summed E-state index contributed by atoms with van der Waals surface area (Å²) in [7, 11) is 0. The van der Waals surface area contributed by atoms with E-state index in [1.807, 2.05) is 41.0 Å². The molecule has 7 nitrogen and oxygen atoms in total. The number of halogens is 1. The number of anilines is 1. The normalized spacial score (nSPS) is 12.0. The average Bonchev–Trinajstić information content (AvgIpc) is 3.26. The second-order valence-electron chi connectivity index (χ2n) is 9.48. The Morgan fingerprint density at radius 2 is 1.84 bits per heavy atom. The first-order chi connectivity index (χ1) is 17.7. The fraction of sp³-hybridized carbons (Fsp3) is 0.357. The van der Waals surface area contributed by atoms with Crippen molar-refractivity contribution in [2.24, 2.45) is 5.92 Å². The molecule has 1 unspecified atom stereocenters. The van der Waals surface area contributed by atoms with Crippen molar-refractivity contribution in [2.75, 3.05) is 11.1 Å². The summed E-state index contributed by atoms with van der Waals surface area (Å²) in [6, 6.07) is 14.6. The van der Waals surface area contributed by atoms with Gasteiger partial charge in [0.2, 0.25) is 5.91 Å². The van der Waals surface area contributed by atoms with E-state index in [0.717, 1.165) is 15.7 Å². The van der Waals surface area contributed by atoms with Gasteiger partial charge < -0.3 is 15.2 Å². The maximum atomic E-state index is 12.9. The summed E-state index contributed by atoms with van der Waals surface area (Å²) in [5.41, 5.74) is 2.46. The number of benzene rings is 2. The molecule has 9 heteroatoms. The molecule has 196 valence electrons. The molecule has 1 aromatic heterocycles. The Bertz CT molecular complexity index is 1230. The van der Waals surface area contributed by atoms with Crippen LogP contribution in [0.25, 0.3) is 0 Å². The monoisotopic (exact) mass is 583 g/mol. The van der Waals surface area contributed by atoms with Crippen LogP contribution in [0, 0.1) is 5.92 Å². The third kappa shape index (κ3) is 8.04. The van der Waals surface area contributed by atoms with E-state index in [2.05, 4.69) is 71.0 Å². The average molecular weight is 585 g/mol. The van der Waals surface area contributed by atoms with Crippen LogP contribution in [0.4, 0.5) is 5.69 Å². The van der Waals surface area contributed by atoms with E-state index < -0.39 is 0 Å². The molecular weight excluding hydrogens is 550 g/mol. The van der Waals surface area contributed by atoms with Crippen LogP contribution in [0.2, 0.25) is 0 Å². The molecule has 0 spiro atoms. The highest BCUT2D eigenvalue weighted by Gasteiger charge is 2.25. The Kier molecular flexibility index (Phi) is 10.5. The molecule has 37 heavy (non-hydrogen) atoms. The summed E-state index contributed by atoms with van der Waals surface area (Å²) in [5, 5.41) is 15.6. The van der Waals surface area contributed by atoms with Gasteiger partial charge in [0.1, 0.15) is 0 Å². The largest absolute Gasteiger partial charge is 0.342 e. The summed E-state index contributed by atoms with van der Waals surface area (Å²) >= 11 is 4.81. The van der Waals surface area contributed by atoms with Crippen LogP contribution in [0.5, 0.6) is 0 Å². The summed E-state index contributed by atoms with van der Waals surface area (Å²) in [4.78, 5) is 25.7. The van der Waals surface area contributed by atoms with Crippen LogP contribution >= 0.6 is 27.7 Å². The zero-order chi connectivity index (χ0) is 26.9. The molecule has 0 fully saturated rings. The number of nitrogens with zero attached hydrogens (tertiary/aromatic N) is 3. The number of aromatic nitrogens is 3. The molecule has 3 rings (SSSR count). The highest BCUT2D eigenvalue weighted by Crippen LogP contribution is 2.29. The van der Waals surface area contributed by atoms with Gasteiger partial charge in [0.15, 0.2) is 11.0 Å². The Labute approximate surface area is 231 Å². The number of amides is 2.